The van der Waals surface area contributed by atoms with Crippen molar-refractivity contribution in [2.45, 2.75) is 11.1 Å². The molecule has 15 heavy (non-hydrogen) atoms. The summed E-state index contributed by atoms with van der Waals surface area (Å²) in [4.78, 5) is 0.662. The number of benzene rings is 1. The number of alkyl halides is 3. The molecule has 1 aromatic carbocycles. The van der Waals surface area contributed by atoms with E-state index >= 15 is 0 Å². The number of nitriles is 1. The van der Waals surface area contributed by atoms with Crippen LogP contribution in [0, 0.1) is 11.3 Å². The molecule has 5 heteroatoms. The number of hydrogen-bond donors (Lipinski definition) is 0. The highest BCUT2D eigenvalue weighted by molar-refractivity contribution is 8.02. The highest BCUT2D eigenvalue weighted by Crippen LogP contribution is 2.30. The average molecular weight is 229 g/mol. The molecule has 0 spiro atoms. The number of rotatable bonds is 2. The van der Waals surface area contributed by atoms with Gasteiger partial charge in [-0.15, -0.1) is 0 Å². The van der Waals surface area contributed by atoms with Crippen LogP contribution in [-0.2, 0) is 6.18 Å². The third-order valence-corrected chi connectivity index (χ3v) is 2.34. The summed E-state index contributed by atoms with van der Waals surface area (Å²) in [5.74, 6) is 0. The van der Waals surface area contributed by atoms with E-state index in [0.717, 1.165) is 12.1 Å². The summed E-state index contributed by atoms with van der Waals surface area (Å²) in [5.41, 5.74) is -0.670. The van der Waals surface area contributed by atoms with Crippen molar-refractivity contribution in [2.75, 3.05) is 0 Å². The summed E-state index contributed by atoms with van der Waals surface area (Å²) < 4.78 is 36.5. The molecule has 0 saturated heterocycles. The zero-order valence-electron chi connectivity index (χ0n) is 7.45. The number of allylic oxidation sites excluding steroid dienone is 1. The quantitative estimate of drug-likeness (QED) is 0.568. The molecule has 0 N–H and O–H groups in total. The first-order valence-electron chi connectivity index (χ1n) is 3.92. The van der Waals surface area contributed by atoms with Gasteiger partial charge in [0.25, 0.3) is 0 Å². The Morgan fingerprint density at radius 2 is 1.80 bits per heavy atom. The van der Waals surface area contributed by atoms with E-state index < -0.39 is 11.7 Å². The van der Waals surface area contributed by atoms with Gasteiger partial charge in [0, 0.05) is 11.0 Å². The van der Waals surface area contributed by atoms with Crippen LogP contribution in [0.4, 0.5) is 13.2 Å². The molecule has 0 bridgehead atoms. The van der Waals surface area contributed by atoms with Gasteiger partial charge >= 0.3 is 6.18 Å². The number of nitrogens with zero attached hydrogens (tertiary/aromatic N) is 1. The van der Waals surface area contributed by atoms with Crippen molar-refractivity contribution in [3.63, 3.8) is 0 Å². The van der Waals surface area contributed by atoms with E-state index in [1.54, 1.807) is 6.07 Å². The van der Waals surface area contributed by atoms with Crippen LogP contribution in [0.3, 0.4) is 0 Å². The maximum atomic E-state index is 12.2. The molecule has 0 atom stereocenters. The first kappa shape index (κ1) is 11.7. The minimum Gasteiger partial charge on any atom is -0.193 e. The second-order valence-corrected chi connectivity index (χ2v) is 3.55. The Labute approximate surface area is 89.2 Å². The molecule has 0 aliphatic rings. The zero-order valence-corrected chi connectivity index (χ0v) is 8.27. The standard InChI is InChI=1S/C10H6F3NS/c11-10(12,13)8-2-4-9(5-3-8)15-7-1-6-14/h1-5,7H. The van der Waals surface area contributed by atoms with Gasteiger partial charge < -0.3 is 0 Å². The Hall–Kier alpha value is -1.41. The van der Waals surface area contributed by atoms with Crippen LogP contribution in [-0.4, -0.2) is 0 Å². The van der Waals surface area contributed by atoms with Crippen LogP contribution in [0.1, 0.15) is 5.56 Å². The summed E-state index contributed by atoms with van der Waals surface area (Å²) in [7, 11) is 0. The minimum atomic E-state index is -4.30. The molecule has 0 radical (unpaired) electrons. The summed E-state index contributed by atoms with van der Waals surface area (Å²) in [6, 6.07) is 6.57. The Morgan fingerprint density at radius 3 is 2.27 bits per heavy atom. The molecular weight excluding hydrogens is 223 g/mol. The largest absolute Gasteiger partial charge is 0.416 e. The first-order chi connectivity index (χ1) is 7.04. The Kier molecular flexibility index (Phi) is 3.81. The number of halogens is 3. The van der Waals surface area contributed by atoms with Crippen molar-refractivity contribution in [2.24, 2.45) is 0 Å². The van der Waals surface area contributed by atoms with E-state index in [1.807, 2.05) is 0 Å². The van der Waals surface area contributed by atoms with E-state index in [9.17, 15) is 13.2 Å². The summed E-state index contributed by atoms with van der Waals surface area (Å²) in [6.07, 6.45) is -3.03. The Morgan fingerprint density at radius 1 is 1.20 bits per heavy atom. The van der Waals surface area contributed by atoms with Crippen molar-refractivity contribution < 1.29 is 13.2 Å². The van der Waals surface area contributed by atoms with E-state index in [-0.39, 0.29) is 0 Å². The van der Waals surface area contributed by atoms with Crippen LogP contribution < -0.4 is 0 Å². The summed E-state index contributed by atoms with van der Waals surface area (Å²) in [6.45, 7) is 0. The molecule has 0 aliphatic heterocycles. The van der Waals surface area contributed by atoms with Gasteiger partial charge in [-0.05, 0) is 29.7 Å². The second kappa shape index (κ2) is 4.89. The first-order valence-corrected chi connectivity index (χ1v) is 4.80. The molecule has 1 rings (SSSR count). The lowest BCUT2D eigenvalue weighted by Gasteiger charge is -2.06. The molecule has 0 fully saturated rings. The number of hydrogen-bond acceptors (Lipinski definition) is 2. The lowest BCUT2D eigenvalue weighted by molar-refractivity contribution is -0.137. The van der Waals surface area contributed by atoms with Gasteiger partial charge in [0.1, 0.15) is 0 Å². The van der Waals surface area contributed by atoms with Gasteiger partial charge in [-0.1, -0.05) is 11.8 Å². The van der Waals surface area contributed by atoms with Crippen molar-refractivity contribution in [1.82, 2.24) is 0 Å². The number of thioether (sulfide) groups is 1. The third kappa shape index (κ3) is 3.68. The van der Waals surface area contributed by atoms with Crippen molar-refractivity contribution in [1.29, 1.82) is 5.26 Å². The average Bonchev–Trinajstić information content (AvgIpc) is 2.18. The third-order valence-electron chi connectivity index (χ3n) is 1.53. The van der Waals surface area contributed by atoms with Gasteiger partial charge in [0.05, 0.1) is 11.6 Å². The molecule has 1 aromatic rings. The molecule has 0 heterocycles. The van der Waals surface area contributed by atoms with E-state index in [0.29, 0.717) is 4.90 Å². The minimum absolute atomic E-state index is 0.662. The normalized spacial score (nSPS) is 11.6. The van der Waals surface area contributed by atoms with Gasteiger partial charge in [0.2, 0.25) is 0 Å². The van der Waals surface area contributed by atoms with Gasteiger partial charge in [-0.3, -0.25) is 0 Å². The Balaban J connectivity index is 2.74. The fraction of sp³-hybridized carbons (Fsp3) is 0.100. The van der Waals surface area contributed by atoms with Crippen molar-refractivity contribution in [3.05, 3.63) is 41.3 Å². The molecular formula is C10H6F3NS. The smallest absolute Gasteiger partial charge is 0.193 e. The molecule has 0 amide bonds. The lowest BCUT2D eigenvalue weighted by Crippen LogP contribution is -2.03. The summed E-state index contributed by atoms with van der Waals surface area (Å²) >= 11 is 1.19. The highest BCUT2D eigenvalue weighted by Gasteiger charge is 2.29. The topological polar surface area (TPSA) is 23.8 Å². The van der Waals surface area contributed by atoms with Crippen LogP contribution in [0.2, 0.25) is 0 Å². The molecule has 78 valence electrons. The van der Waals surface area contributed by atoms with Gasteiger partial charge in [-0.25, -0.2) is 0 Å². The van der Waals surface area contributed by atoms with E-state index in [1.165, 1.54) is 35.4 Å². The van der Waals surface area contributed by atoms with Crippen molar-refractivity contribution in [3.8, 4) is 6.07 Å². The lowest BCUT2D eigenvalue weighted by atomic mass is 10.2. The summed E-state index contributed by atoms with van der Waals surface area (Å²) in [5, 5.41) is 9.71. The highest BCUT2D eigenvalue weighted by atomic mass is 32.2. The predicted octanol–water partition coefficient (Wildman–Crippen LogP) is 3.83. The second-order valence-electron chi connectivity index (χ2n) is 2.57. The maximum Gasteiger partial charge on any atom is 0.416 e. The Bertz CT molecular complexity index is 387. The van der Waals surface area contributed by atoms with Crippen molar-refractivity contribution >= 4 is 11.8 Å². The fourth-order valence-electron chi connectivity index (χ4n) is 0.866. The monoisotopic (exact) mass is 229 g/mol. The van der Waals surface area contributed by atoms with E-state index in [4.69, 9.17) is 5.26 Å². The molecule has 0 aliphatic carbocycles. The molecule has 1 nitrogen and oxygen atoms in total. The van der Waals surface area contributed by atoms with Gasteiger partial charge in [-0.2, -0.15) is 18.4 Å². The van der Waals surface area contributed by atoms with E-state index in [2.05, 4.69) is 0 Å². The maximum absolute atomic E-state index is 12.2. The molecule has 0 saturated carbocycles. The van der Waals surface area contributed by atoms with Gasteiger partial charge in [0.15, 0.2) is 0 Å². The fourth-order valence-corrected chi connectivity index (χ4v) is 1.44. The van der Waals surface area contributed by atoms with Crippen LogP contribution in [0.15, 0.2) is 40.6 Å². The molecule has 0 aromatic heterocycles. The SMILES string of the molecule is N#CC=CSc1ccc(C(F)(F)F)cc1. The van der Waals surface area contributed by atoms with Crippen LogP contribution in [0.25, 0.3) is 0 Å². The van der Waals surface area contributed by atoms with Crippen LogP contribution >= 0.6 is 11.8 Å². The predicted molar refractivity (Wildman–Crippen MR) is 52.1 cm³/mol. The van der Waals surface area contributed by atoms with Crippen LogP contribution in [0.5, 0.6) is 0 Å². The zero-order chi connectivity index (χ0) is 11.3. The molecule has 0 unspecified atom stereocenters.